The Bertz CT molecular complexity index is 1390. The number of nitrogens with two attached hydrogens (primary N) is 1. The molecule has 0 bridgehead atoms. The zero-order valence-corrected chi connectivity index (χ0v) is 21.8. The number of carboxylic acids is 1. The topological polar surface area (TPSA) is 113 Å². The maximum Gasteiger partial charge on any atom is 0.327 e. The lowest BCUT2D eigenvalue weighted by atomic mass is 9.86. The highest BCUT2D eigenvalue weighted by Gasteiger charge is 2.47. The summed E-state index contributed by atoms with van der Waals surface area (Å²) in [4.78, 5) is 40.0. The van der Waals surface area contributed by atoms with Gasteiger partial charge in [0.2, 0.25) is 0 Å². The molecule has 204 valence electrons. The van der Waals surface area contributed by atoms with Crippen molar-refractivity contribution in [3.05, 3.63) is 106 Å². The lowest BCUT2D eigenvalue weighted by Gasteiger charge is -2.34. The molecular formula is C30H31F2N3O4. The number of hydrogen-bond donors (Lipinski definition) is 3. The monoisotopic (exact) mass is 535 g/mol. The third-order valence-electron chi connectivity index (χ3n) is 7.06. The van der Waals surface area contributed by atoms with Crippen LogP contribution in [0.25, 0.3) is 0 Å². The predicted octanol–water partition coefficient (Wildman–Crippen LogP) is 3.86. The van der Waals surface area contributed by atoms with Crippen LogP contribution in [0, 0.1) is 24.5 Å². The minimum Gasteiger partial charge on any atom is -0.480 e. The van der Waals surface area contributed by atoms with Crippen molar-refractivity contribution >= 4 is 17.8 Å². The van der Waals surface area contributed by atoms with Gasteiger partial charge in [-0.15, -0.1) is 0 Å². The molecule has 0 aromatic heterocycles. The molecule has 39 heavy (non-hydrogen) atoms. The van der Waals surface area contributed by atoms with E-state index < -0.39 is 47.4 Å². The molecule has 1 aliphatic rings. The van der Waals surface area contributed by atoms with Gasteiger partial charge in [0.05, 0.1) is 11.1 Å². The molecule has 3 atom stereocenters. The molecule has 0 radical (unpaired) electrons. The standard InChI is InChI=1S/C30H31F2N3O4/c1-3-18-5-4-6-19(10-18)15-34-16-25(26(33)13-20-11-21(31)14-22(32)12-20)27(30(38)39)35-28(36)23-8-7-17(2)9-24(23)29(35)37/h4-12,14,25-27,34H,3,13,15-16,33H2,1-2H3,(H,38,39)/t25-,26?,27+/m1/s1. The van der Waals surface area contributed by atoms with Gasteiger partial charge in [-0.1, -0.05) is 42.8 Å². The quantitative estimate of drug-likeness (QED) is 0.322. The third-order valence-corrected chi connectivity index (χ3v) is 7.06. The average Bonchev–Trinajstić information content (AvgIpc) is 3.11. The fraction of sp³-hybridized carbons (Fsp3) is 0.300. The highest BCUT2D eigenvalue weighted by molar-refractivity contribution is 6.22. The van der Waals surface area contributed by atoms with Crippen molar-refractivity contribution in [2.75, 3.05) is 6.54 Å². The molecular weight excluding hydrogens is 504 g/mol. The maximum atomic E-state index is 13.9. The Balaban J connectivity index is 1.65. The van der Waals surface area contributed by atoms with Crippen molar-refractivity contribution in [1.29, 1.82) is 0 Å². The van der Waals surface area contributed by atoms with Crippen LogP contribution in [-0.2, 0) is 24.2 Å². The summed E-state index contributed by atoms with van der Waals surface area (Å²) >= 11 is 0. The summed E-state index contributed by atoms with van der Waals surface area (Å²) in [6.07, 6.45) is 0.782. The first kappa shape index (κ1) is 28.1. The van der Waals surface area contributed by atoms with Gasteiger partial charge in [-0.2, -0.15) is 0 Å². The first-order valence-electron chi connectivity index (χ1n) is 12.8. The van der Waals surface area contributed by atoms with Crippen molar-refractivity contribution in [2.24, 2.45) is 11.7 Å². The number of imide groups is 1. The molecule has 9 heteroatoms. The number of nitrogens with zero attached hydrogens (tertiary/aromatic N) is 1. The largest absolute Gasteiger partial charge is 0.480 e. The van der Waals surface area contributed by atoms with Gasteiger partial charge in [-0.25, -0.2) is 13.6 Å². The molecule has 1 heterocycles. The van der Waals surface area contributed by atoms with Crippen LogP contribution in [0.1, 0.15) is 49.9 Å². The molecule has 1 unspecified atom stereocenters. The lowest BCUT2D eigenvalue weighted by molar-refractivity contribution is -0.143. The summed E-state index contributed by atoms with van der Waals surface area (Å²) in [5, 5.41) is 13.5. The number of aliphatic carboxylic acids is 1. The van der Waals surface area contributed by atoms with Crippen LogP contribution in [0.5, 0.6) is 0 Å². The van der Waals surface area contributed by atoms with Crippen LogP contribution in [0.3, 0.4) is 0 Å². The van der Waals surface area contributed by atoms with Crippen LogP contribution in [-0.4, -0.2) is 46.4 Å². The summed E-state index contributed by atoms with van der Waals surface area (Å²) in [5.41, 5.74) is 9.86. The molecule has 7 nitrogen and oxygen atoms in total. The molecule has 3 aromatic rings. The molecule has 3 aromatic carbocycles. The van der Waals surface area contributed by atoms with Crippen molar-refractivity contribution in [1.82, 2.24) is 10.2 Å². The van der Waals surface area contributed by atoms with E-state index in [4.69, 9.17) is 5.73 Å². The van der Waals surface area contributed by atoms with Crippen LogP contribution in [0.15, 0.2) is 60.7 Å². The highest BCUT2D eigenvalue weighted by Crippen LogP contribution is 2.30. The molecule has 0 fully saturated rings. The van der Waals surface area contributed by atoms with Gasteiger partial charge in [0.15, 0.2) is 0 Å². The molecule has 4 N–H and O–H groups in total. The minimum absolute atomic E-state index is 0.0265. The fourth-order valence-corrected chi connectivity index (χ4v) is 5.10. The maximum absolute atomic E-state index is 13.9. The lowest BCUT2D eigenvalue weighted by Crippen LogP contribution is -2.57. The molecule has 0 saturated heterocycles. The highest BCUT2D eigenvalue weighted by atomic mass is 19.1. The number of amides is 2. The fourth-order valence-electron chi connectivity index (χ4n) is 5.10. The number of carboxylic acid groups (broad SMARTS) is 1. The zero-order valence-electron chi connectivity index (χ0n) is 21.8. The molecule has 4 rings (SSSR count). The van der Waals surface area contributed by atoms with E-state index in [2.05, 4.69) is 5.32 Å². The number of benzene rings is 3. The van der Waals surface area contributed by atoms with E-state index in [9.17, 15) is 28.3 Å². The molecule has 0 aliphatic carbocycles. The SMILES string of the molecule is CCc1cccc(CNC[C@H](C(N)Cc2cc(F)cc(F)c2)[C@@H](C(=O)O)N2C(=O)c3ccc(C)cc3C2=O)c1. The summed E-state index contributed by atoms with van der Waals surface area (Å²) in [6.45, 7) is 4.22. The number of hydrogen-bond acceptors (Lipinski definition) is 5. The third kappa shape index (κ3) is 6.21. The van der Waals surface area contributed by atoms with Crippen molar-refractivity contribution < 1.29 is 28.3 Å². The van der Waals surface area contributed by atoms with E-state index >= 15 is 0 Å². The first-order chi connectivity index (χ1) is 18.6. The minimum atomic E-state index is -1.61. The van der Waals surface area contributed by atoms with Gasteiger partial charge in [-0.3, -0.25) is 14.5 Å². The van der Waals surface area contributed by atoms with Gasteiger partial charge in [0.1, 0.15) is 17.7 Å². The number of halogens is 2. The predicted molar refractivity (Wildman–Crippen MR) is 142 cm³/mol. The van der Waals surface area contributed by atoms with Gasteiger partial charge in [-0.05, 0) is 60.7 Å². The number of aryl methyl sites for hydroxylation is 2. The van der Waals surface area contributed by atoms with Gasteiger partial charge >= 0.3 is 5.97 Å². The van der Waals surface area contributed by atoms with Crippen molar-refractivity contribution in [2.45, 2.75) is 45.3 Å². The normalized spacial score (nSPS) is 15.3. The summed E-state index contributed by atoms with van der Waals surface area (Å²) in [5.74, 6) is -5.38. The van der Waals surface area contributed by atoms with Crippen molar-refractivity contribution in [3.63, 3.8) is 0 Å². The molecule has 2 amide bonds. The Morgan fingerprint density at radius 1 is 0.949 bits per heavy atom. The van der Waals surface area contributed by atoms with Crippen LogP contribution < -0.4 is 11.1 Å². The van der Waals surface area contributed by atoms with E-state index in [1.807, 2.05) is 31.2 Å². The molecule has 0 saturated carbocycles. The van der Waals surface area contributed by atoms with E-state index in [0.717, 1.165) is 46.2 Å². The second kappa shape index (κ2) is 11.8. The second-order valence-corrected chi connectivity index (χ2v) is 9.93. The first-order valence-corrected chi connectivity index (χ1v) is 12.8. The number of carbonyl (C=O) groups is 3. The van der Waals surface area contributed by atoms with Crippen molar-refractivity contribution in [3.8, 4) is 0 Å². The number of fused-ring (bicyclic) bond motifs is 1. The second-order valence-electron chi connectivity index (χ2n) is 9.93. The van der Waals surface area contributed by atoms with E-state index in [1.165, 1.54) is 6.07 Å². The average molecular weight is 536 g/mol. The Morgan fingerprint density at radius 3 is 2.28 bits per heavy atom. The smallest absolute Gasteiger partial charge is 0.327 e. The summed E-state index contributed by atoms with van der Waals surface area (Å²) in [7, 11) is 0. The van der Waals surface area contributed by atoms with E-state index in [-0.39, 0.29) is 29.7 Å². The van der Waals surface area contributed by atoms with Crippen LogP contribution >= 0.6 is 0 Å². The van der Waals surface area contributed by atoms with Crippen LogP contribution in [0.4, 0.5) is 8.78 Å². The number of carbonyl (C=O) groups excluding carboxylic acids is 2. The molecule has 0 spiro atoms. The van der Waals surface area contributed by atoms with Gasteiger partial charge in [0, 0.05) is 31.1 Å². The van der Waals surface area contributed by atoms with E-state index in [0.29, 0.717) is 6.54 Å². The van der Waals surface area contributed by atoms with Gasteiger partial charge in [0.25, 0.3) is 11.8 Å². The zero-order chi connectivity index (χ0) is 28.3. The van der Waals surface area contributed by atoms with Gasteiger partial charge < -0.3 is 16.2 Å². The number of nitrogens with one attached hydrogen (secondary N) is 1. The van der Waals surface area contributed by atoms with E-state index in [1.54, 1.807) is 19.1 Å². The Labute approximate surface area is 225 Å². The Hall–Kier alpha value is -3.95. The molecule has 1 aliphatic heterocycles. The summed E-state index contributed by atoms with van der Waals surface area (Å²) in [6, 6.07) is 13.0. The number of rotatable bonds is 11. The summed E-state index contributed by atoms with van der Waals surface area (Å²) < 4.78 is 27.7. The Morgan fingerprint density at radius 2 is 1.62 bits per heavy atom. The Kier molecular flexibility index (Phi) is 8.52. The van der Waals surface area contributed by atoms with Crippen LogP contribution in [0.2, 0.25) is 0 Å².